The van der Waals surface area contributed by atoms with Crippen LogP contribution in [0.15, 0.2) is 41.5 Å². The molecule has 56 heavy (non-hydrogen) atoms. The molecule has 1 aromatic heterocycles. The van der Waals surface area contributed by atoms with E-state index in [1.807, 2.05) is 77.0 Å². The number of rotatable bonds is 11. The molecule has 0 radical (unpaired) electrons. The van der Waals surface area contributed by atoms with Crippen LogP contribution in [0.3, 0.4) is 0 Å². The summed E-state index contributed by atoms with van der Waals surface area (Å²) in [6.45, 7) is 10.1. The number of methoxy groups -OCH3 is 2. The Balaban J connectivity index is 1.66. The van der Waals surface area contributed by atoms with Crippen molar-refractivity contribution in [1.29, 1.82) is 0 Å². The number of nitrogens with one attached hydrogen (secondary N) is 3. The molecule has 15 heteroatoms. The van der Waals surface area contributed by atoms with Gasteiger partial charge >= 0.3 is 12.2 Å². The summed E-state index contributed by atoms with van der Waals surface area (Å²) >= 11 is 0. The largest absolute Gasteiger partial charge is 0.453 e. The highest BCUT2D eigenvalue weighted by Gasteiger charge is 2.39. The number of aromatic amines is 1. The Morgan fingerprint density at radius 3 is 2.27 bits per heavy atom. The lowest BCUT2D eigenvalue weighted by Gasteiger charge is -2.32. The summed E-state index contributed by atoms with van der Waals surface area (Å²) in [4.78, 5) is 68.9. The van der Waals surface area contributed by atoms with Crippen LogP contribution in [0.25, 0.3) is 5.57 Å². The zero-order valence-corrected chi connectivity index (χ0v) is 33.9. The molecule has 0 saturated carbocycles. The number of anilines is 1. The SMILES string of the molecule is C/C=C(/c1ccc(N(C)C)cc1)C(C)(C#CC#Cc1cnc([C@@H]2CCCN2C(=O)[C@@H](C)NC(=O)OC)[nH]1)/N=C(\N)[C@@H]1CCCN1C(=O)[C@@H](NC(=O)OC)C(C)C. The number of nitrogens with two attached hydrogens (primary N) is 1. The summed E-state index contributed by atoms with van der Waals surface area (Å²) < 4.78 is 9.42. The van der Waals surface area contributed by atoms with Crippen molar-refractivity contribution >= 4 is 41.1 Å². The number of H-pyrrole nitrogens is 1. The molecule has 0 bridgehead atoms. The molecule has 2 saturated heterocycles. The fourth-order valence-corrected chi connectivity index (χ4v) is 7.05. The molecule has 1 aromatic carbocycles. The van der Waals surface area contributed by atoms with Crippen molar-refractivity contribution in [3.63, 3.8) is 0 Å². The van der Waals surface area contributed by atoms with Crippen molar-refractivity contribution in [2.75, 3.05) is 46.3 Å². The van der Waals surface area contributed by atoms with Gasteiger partial charge in [0.1, 0.15) is 35.0 Å². The molecule has 0 aliphatic carbocycles. The van der Waals surface area contributed by atoms with Crippen LogP contribution in [0.5, 0.6) is 0 Å². The number of nitrogens with zero attached hydrogens (tertiary/aromatic N) is 5. The number of aromatic nitrogens is 2. The van der Waals surface area contributed by atoms with Crippen LogP contribution in [0.2, 0.25) is 0 Å². The Morgan fingerprint density at radius 1 is 1.00 bits per heavy atom. The first-order chi connectivity index (χ1) is 26.6. The second kappa shape index (κ2) is 19.1. The molecule has 3 heterocycles. The first-order valence-electron chi connectivity index (χ1n) is 18.8. The van der Waals surface area contributed by atoms with E-state index in [0.29, 0.717) is 43.9 Å². The van der Waals surface area contributed by atoms with Crippen molar-refractivity contribution in [3.8, 4) is 23.7 Å². The molecule has 4 amide bonds. The third-order valence-corrected chi connectivity index (χ3v) is 10.0. The Bertz CT molecular complexity index is 1930. The van der Waals surface area contributed by atoms with E-state index < -0.39 is 35.9 Å². The van der Waals surface area contributed by atoms with E-state index in [-0.39, 0.29) is 29.6 Å². The first kappa shape index (κ1) is 42.8. The number of benzene rings is 1. The third-order valence-electron chi connectivity index (χ3n) is 10.0. The van der Waals surface area contributed by atoms with Crippen LogP contribution in [-0.2, 0) is 19.1 Å². The molecular formula is C41H55N9O6. The van der Waals surface area contributed by atoms with Gasteiger partial charge in [-0.1, -0.05) is 38.0 Å². The van der Waals surface area contributed by atoms with Gasteiger partial charge in [0.15, 0.2) is 0 Å². The molecule has 2 aliphatic heterocycles. The molecule has 4 rings (SSSR count). The quantitative estimate of drug-likeness (QED) is 0.150. The van der Waals surface area contributed by atoms with E-state index >= 15 is 0 Å². The van der Waals surface area contributed by atoms with Gasteiger partial charge in [-0.2, -0.15) is 0 Å². The summed E-state index contributed by atoms with van der Waals surface area (Å²) in [6.07, 6.45) is 5.01. The fraction of sp³-hybridized carbons (Fsp3) is 0.512. The number of carbonyl (C=O) groups excluding carboxylic acids is 4. The molecule has 5 N–H and O–H groups in total. The van der Waals surface area contributed by atoms with Crippen molar-refractivity contribution < 1.29 is 28.7 Å². The van der Waals surface area contributed by atoms with Gasteiger partial charge in [-0.05, 0) is 93.4 Å². The van der Waals surface area contributed by atoms with Crippen LogP contribution >= 0.6 is 0 Å². The standard InChI is InChI=1S/C41H55N9O6/c1-10-31(28-18-20-30(21-19-28)48(6)7)41(5,47-35(42)32-16-13-23-49(32)38(52)34(26(2)3)46-40(54)56-9)22-12-11-15-29-25-43-36(45-29)33-17-14-24-50(33)37(51)27(4)44-39(53)55-8/h10,18-21,25-27,32-34H,13-14,16-17,23-24H2,1-9H3,(H2,42,47)(H,43,45)(H,44,53)(H,46,54)/b31-10-/t27-,32+,33+,34+,41?/m1/s1. The van der Waals surface area contributed by atoms with Crippen LogP contribution in [0.4, 0.5) is 15.3 Å². The van der Waals surface area contributed by atoms with Gasteiger partial charge in [-0.15, -0.1) is 0 Å². The highest BCUT2D eigenvalue weighted by molar-refractivity contribution is 5.95. The summed E-state index contributed by atoms with van der Waals surface area (Å²) in [5.41, 5.74) is 8.88. The lowest BCUT2D eigenvalue weighted by atomic mass is 9.86. The fourth-order valence-electron chi connectivity index (χ4n) is 7.05. The van der Waals surface area contributed by atoms with Crippen molar-refractivity contribution in [2.45, 2.75) is 90.0 Å². The predicted molar refractivity (Wildman–Crippen MR) is 215 cm³/mol. The number of hydrogen-bond acceptors (Lipinski definition) is 9. The average Bonchev–Trinajstić information content (AvgIpc) is 3.97. The first-order valence-corrected chi connectivity index (χ1v) is 18.8. The zero-order chi connectivity index (χ0) is 41.2. The van der Waals surface area contributed by atoms with E-state index in [0.717, 1.165) is 23.2 Å². The van der Waals surface area contributed by atoms with Gasteiger partial charge in [0.05, 0.1) is 32.5 Å². The van der Waals surface area contributed by atoms with Gasteiger partial charge in [0.25, 0.3) is 0 Å². The Morgan fingerprint density at radius 2 is 1.64 bits per heavy atom. The normalized spacial score (nSPS) is 19.1. The highest BCUT2D eigenvalue weighted by atomic mass is 16.5. The van der Waals surface area contributed by atoms with Crippen LogP contribution in [-0.4, -0.2) is 115 Å². The number of hydrogen-bond donors (Lipinski definition) is 4. The van der Waals surface area contributed by atoms with Crippen LogP contribution in [0.1, 0.15) is 83.4 Å². The van der Waals surface area contributed by atoms with Gasteiger partial charge < -0.3 is 45.5 Å². The number of amides is 4. The molecular weight excluding hydrogens is 715 g/mol. The van der Waals surface area contributed by atoms with E-state index in [9.17, 15) is 19.2 Å². The Hall–Kier alpha value is -5.96. The number of carbonyl (C=O) groups is 4. The molecule has 1 unspecified atom stereocenters. The number of allylic oxidation sites excluding steroid dienone is 1. The number of aliphatic imine (C=N–C) groups is 1. The number of likely N-dealkylation sites (tertiary alicyclic amines) is 2. The smallest absolute Gasteiger partial charge is 0.407 e. The van der Waals surface area contributed by atoms with Crippen molar-refractivity contribution in [3.05, 3.63) is 53.6 Å². The average molecular weight is 770 g/mol. The van der Waals surface area contributed by atoms with E-state index in [4.69, 9.17) is 15.5 Å². The van der Waals surface area contributed by atoms with Gasteiger partial charge in [0.2, 0.25) is 11.8 Å². The van der Waals surface area contributed by atoms with E-state index in [1.165, 1.54) is 14.2 Å². The minimum absolute atomic E-state index is 0.194. The van der Waals surface area contributed by atoms with E-state index in [1.54, 1.807) is 22.9 Å². The lowest BCUT2D eigenvalue weighted by molar-refractivity contribution is -0.134. The third kappa shape index (κ3) is 10.2. The molecule has 5 atom stereocenters. The maximum Gasteiger partial charge on any atom is 0.407 e. The van der Waals surface area contributed by atoms with Crippen LogP contribution < -0.4 is 21.3 Å². The van der Waals surface area contributed by atoms with Crippen LogP contribution in [0, 0.1) is 29.6 Å². The second-order valence-electron chi connectivity index (χ2n) is 14.5. The van der Waals surface area contributed by atoms with Crippen molar-refractivity contribution in [2.24, 2.45) is 16.6 Å². The molecule has 2 fully saturated rings. The number of imidazole rings is 1. The number of alkyl carbamates (subject to hydrolysis) is 2. The second-order valence-corrected chi connectivity index (χ2v) is 14.5. The zero-order valence-electron chi connectivity index (χ0n) is 33.9. The monoisotopic (exact) mass is 769 g/mol. The lowest BCUT2D eigenvalue weighted by Crippen LogP contribution is -2.55. The maximum atomic E-state index is 13.8. The summed E-state index contributed by atoms with van der Waals surface area (Å²) in [5, 5.41) is 5.20. The van der Waals surface area contributed by atoms with Crippen molar-refractivity contribution in [1.82, 2.24) is 30.4 Å². The molecule has 2 aliphatic rings. The minimum Gasteiger partial charge on any atom is -0.453 e. The molecule has 300 valence electrons. The van der Waals surface area contributed by atoms with E-state index in [2.05, 4.69) is 49.0 Å². The number of amidine groups is 1. The predicted octanol–water partition coefficient (Wildman–Crippen LogP) is 3.83. The van der Waals surface area contributed by atoms with Gasteiger partial charge in [-0.3, -0.25) is 9.59 Å². The Labute approximate surface area is 329 Å². The Kier molecular flexibility index (Phi) is 14.6. The summed E-state index contributed by atoms with van der Waals surface area (Å²) in [5.74, 6) is 12.4. The topological polar surface area (TPSA) is 188 Å². The summed E-state index contributed by atoms with van der Waals surface area (Å²) in [7, 11) is 6.46. The molecule has 2 aromatic rings. The van der Waals surface area contributed by atoms with Gasteiger partial charge in [-0.25, -0.2) is 19.6 Å². The maximum absolute atomic E-state index is 13.8. The highest BCUT2D eigenvalue weighted by Crippen LogP contribution is 2.33. The molecule has 15 nitrogen and oxygen atoms in total. The minimum atomic E-state index is -1.18. The molecule has 0 spiro atoms. The number of ether oxygens (including phenoxy) is 2. The van der Waals surface area contributed by atoms with Gasteiger partial charge in [0, 0.05) is 32.9 Å². The summed E-state index contributed by atoms with van der Waals surface area (Å²) in [6, 6.07) is 5.69.